The van der Waals surface area contributed by atoms with E-state index in [2.05, 4.69) is 10.2 Å². The van der Waals surface area contributed by atoms with Crippen molar-refractivity contribution in [1.29, 1.82) is 0 Å². The van der Waals surface area contributed by atoms with Crippen molar-refractivity contribution in [1.82, 2.24) is 14.8 Å². The van der Waals surface area contributed by atoms with Crippen molar-refractivity contribution in [2.75, 3.05) is 12.4 Å². The van der Waals surface area contributed by atoms with E-state index in [-0.39, 0.29) is 6.61 Å². The third-order valence-corrected chi connectivity index (χ3v) is 5.28. The highest BCUT2D eigenvalue weighted by Crippen LogP contribution is 2.24. The largest absolute Gasteiger partial charge is 0.491 e. The third kappa shape index (κ3) is 4.58. The molecule has 26 heavy (non-hydrogen) atoms. The van der Waals surface area contributed by atoms with Gasteiger partial charge in [0.25, 0.3) is 0 Å². The lowest BCUT2D eigenvalue weighted by Gasteiger charge is -2.13. The number of nitrogens with zero attached hydrogens (tertiary/aromatic N) is 3. The minimum atomic E-state index is -0.602. The average molecular weight is 390 g/mol. The first-order valence-corrected chi connectivity index (χ1v) is 9.55. The van der Waals surface area contributed by atoms with Gasteiger partial charge in [-0.15, -0.1) is 10.2 Å². The summed E-state index contributed by atoms with van der Waals surface area (Å²) in [7, 11) is 1.91. The zero-order chi connectivity index (χ0) is 18.5. The molecule has 7 heteroatoms. The van der Waals surface area contributed by atoms with Crippen molar-refractivity contribution in [2.24, 2.45) is 7.05 Å². The van der Waals surface area contributed by atoms with Gasteiger partial charge < -0.3 is 14.4 Å². The van der Waals surface area contributed by atoms with E-state index in [0.29, 0.717) is 10.8 Å². The van der Waals surface area contributed by atoms with Gasteiger partial charge in [0, 0.05) is 23.4 Å². The van der Waals surface area contributed by atoms with Crippen molar-refractivity contribution in [3.8, 4) is 17.1 Å². The number of thioether (sulfide) groups is 1. The number of halogens is 1. The molecular formula is C19H20ClN3O2S. The van der Waals surface area contributed by atoms with Crippen molar-refractivity contribution >= 4 is 23.4 Å². The van der Waals surface area contributed by atoms with Crippen LogP contribution in [0.1, 0.15) is 5.56 Å². The first-order valence-electron chi connectivity index (χ1n) is 8.19. The summed E-state index contributed by atoms with van der Waals surface area (Å²) < 4.78 is 7.59. The molecule has 1 heterocycles. The van der Waals surface area contributed by atoms with E-state index in [0.717, 1.165) is 27.9 Å². The number of aromatic nitrogens is 3. The van der Waals surface area contributed by atoms with Crippen molar-refractivity contribution in [3.05, 3.63) is 59.1 Å². The molecule has 1 aromatic heterocycles. The summed E-state index contributed by atoms with van der Waals surface area (Å²) in [6.45, 7) is 2.22. The molecule has 136 valence electrons. The first kappa shape index (κ1) is 18.8. The van der Waals surface area contributed by atoms with Crippen LogP contribution in [0.3, 0.4) is 0 Å². The third-order valence-electron chi connectivity index (χ3n) is 3.87. The van der Waals surface area contributed by atoms with Crippen LogP contribution >= 0.6 is 23.4 Å². The van der Waals surface area contributed by atoms with E-state index in [4.69, 9.17) is 16.3 Å². The number of ether oxygens (including phenoxy) is 1. The average Bonchev–Trinajstić information content (AvgIpc) is 3.00. The Morgan fingerprint density at radius 2 is 1.88 bits per heavy atom. The summed E-state index contributed by atoms with van der Waals surface area (Å²) in [4.78, 5) is 0. The Morgan fingerprint density at radius 1 is 1.15 bits per heavy atom. The van der Waals surface area contributed by atoms with Crippen molar-refractivity contribution in [3.63, 3.8) is 0 Å². The van der Waals surface area contributed by atoms with E-state index < -0.39 is 6.10 Å². The number of aryl methyl sites for hydroxylation is 1. The quantitative estimate of drug-likeness (QED) is 0.619. The number of aliphatic hydroxyl groups excluding tert-OH is 1. The van der Waals surface area contributed by atoms with Gasteiger partial charge in [-0.1, -0.05) is 41.6 Å². The summed E-state index contributed by atoms with van der Waals surface area (Å²) in [5.74, 6) is 2.02. The van der Waals surface area contributed by atoms with Gasteiger partial charge in [0.05, 0.1) is 6.10 Å². The van der Waals surface area contributed by atoms with Crippen LogP contribution < -0.4 is 4.74 Å². The molecule has 0 bridgehead atoms. The van der Waals surface area contributed by atoms with E-state index in [1.807, 2.05) is 67.1 Å². The van der Waals surface area contributed by atoms with E-state index in [9.17, 15) is 5.11 Å². The van der Waals surface area contributed by atoms with Crippen LogP contribution in [0.25, 0.3) is 11.4 Å². The van der Waals surface area contributed by atoms with Crippen molar-refractivity contribution < 1.29 is 9.84 Å². The van der Waals surface area contributed by atoms with Gasteiger partial charge in [-0.2, -0.15) is 0 Å². The molecule has 0 saturated carbocycles. The highest BCUT2D eigenvalue weighted by molar-refractivity contribution is 7.99. The molecule has 0 amide bonds. The number of rotatable bonds is 7. The molecule has 0 aliphatic carbocycles. The first-order chi connectivity index (χ1) is 12.5. The van der Waals surface area contributed by atoms with Gasteiger partial charge in [0.15, 0.2) is 11.0 Å². The summed E-state index contributed by atoms with van der Waals surface area (Å²) in [6.07, 6.45) is -0.602. The topological polar surface area (TPSA) is 60.2 Å². The number of aliphatic hydroxyl groups is 1. The lowest BCUT2D eigenvalue weighted by Crippen LogP contribution is -2.20. The fraction of sp³-hybridized carbons (Fsp3) is 0.263. The minimum absolute atomic E-state index is 0.236. The lowest BCUT2D eigenvalue weighted by molar-refractivity contribution is 0.126. The molecule has 0 fully saturated rings. The van der Waals surface area contributed by atoms with Gasteiger partial charge in [-0.25, -0.2) is 0 Å². The fourth-order valence-corrected chi connectivity index (χ4v) is 3.36. The fourth-order valence-electron chi connectivity index (χ4n) is 2.41. The smallest absolute Gasteiger partial charge is 0.191 e. The molecule has 0 unspecified atom stereocenters. The standard InChI is InChI=1S/C19H20ClN3O2S/c1-13-5-3-4-6-17(13)25-11-16(24)12-26-19-22-21-18(23(19)2)14-7-9-15(20)10-8-14/h3-10,16,24H,11-12H2,1-2H3/t16-/m1/s1. The maximum Gasteiger partial charge on any atom is 0.191 e. The highest BCUT2D eigenvalue weighted by Gasteiger charge is 2.14. The summed E-state index contributed by atoms with van der Waals surface area (Å²) >= 11 is 7.37. The highest BCUT2D eigenvalue weighted by atomic mass is 35.5. The van der Waals surface area contributed by atoms with Crippen LogP contribution in [0.5, 0.6) is 5.75 Å². The Hall–Kier alpha value is -2.02. The molecule has 2 aromatic carbocycles. The maximum absolute atomic E-state index is 10.2. The van der Waals surface area contributed by atoms with Gasteiger partial charge in [-0.05, 0) is 42.8 Å². The number of hydrogen-bond acceptors (Lipinski definition) is 5. The molecule has 1 N–H and O–H groups in total. The second-order valence-corrected chi connectivity index (χ2v) is 7.34. The minimum Gasteiger partial charge on any atom is -0.491 e. The van der Waals surface area contributed by atoms with Crippen LogP contribution in [0, 0.1) is 6.92 Å². The summed E-state index contributed by atoms with van der Waals surface area (Å²) in [5.41, 5.74) is 1.99. The zero-order valence-electron chi connectivity index (χ0n) is 14.6. The molecule has 0 saturated heterocycles. The Kier molecular flexibility index (Phi) is 6.19. The maximum atomic E-state index is 10.2. The second kappa shape index (κ2) is 8.58. The summed E-state index contributed by atoms with van der Waals surface area (Å²) in [5, 5.41) is 20.1. The number of para-hydroxylation sites is 1. The van der Waals surface area contributed by atoms with Crippen LogP contribution in [0.15, 0.2) is 53.7 Å². The van der Waals surface area contributed by atoms with Gasteiger partial charge >= 0.3 is 0 Å². The zero-order valence-corrected chi connectivity index (χ0v) is 16.2. The van der Waals surface area contributed by atoms with E-state index in [1.165, 1.54) is 11.8 Å². The molecule has 1 atom stereocenters. The van der Waals surface area contributed by atoms with Crippen LogP contribution in [0.4, 0.5) is 0 Å². The molecule has 0 spiro atoms. The van der Waals surface area contributed by atoms with Crippen LogP contribution in [0.2, 0.25) is 5.02 Å². The molecule has 0 aliphatic rings. The Morgan fingerprint density at radius 3 is 2.62 bits per heavy atom. The Balaban J connectivity index is 1.56. The Bertz CT molecular complexity index is 867. The molecule has 5 nitrogen and oxygen atoms in total. The normalized spacial score (nSPS) is 12.2. The van der Waals surface area contributed by atoms with E-state index >= 15 is 0 Å². The molecular weight excluding hydrogens is 370 g/mol. The predicted molar refractivity (Wildman–Crippen MR) is 105 cm³/mol. The molecule has 0 aliphatic heterocycles. The number of hydrogen-bond donors (Lipinski definition) is 1. The van der Waals surface area contributed by atoms with Gasteiger partial charge in [0.2, 0.25) is 0 Å². The monoisotopic (exact) mass is 389 g/mol. The van der Waals surface area contributed by atoms with Crippen LogP contribution in [-0.4, -0.2) is 38.3 Å². The molecule has 3 rings (SSSR count). The molecule has 0 radical (unpaired) electrons. The van der Waals surface area contributed by atoms with Crippen LogP contribution in [-0.2, 0) is 7.05 Å². The lowest BCUT2D eigenvalue weighted by atomic mass is 10.2. The Labute approximate surface area is 162 Å². The second-order valence-electron chi connectivity index (χ2n) is 5.91. The SMILES string of the molecule is Cc1ccccc1OC[C@@H](O)CSc1nnc(-c2ccc(Cl)cc2)n1C. The van der Waals surface area contributed by atoms with Gasteiger partial charge in [-0.3, -0.25) is 0 Å². The van der Waals surface area contributed by atoms with Gasteiger partial charge in [0.1, 0.15) is 12.4 Å². The number of benzene rings is 2. The predicted octanol–water partition coefficient (Wildman–Crippen LogP) is 3.98. The molecule has 3 aromatic rings. The summed E-state index contributed by atoms with van der Waals surface area (Å²) in [6, 6.07) is 15.2. The van der Waals surface area contributed by atoms with E-state index in [1.54, 1.807) is 0 Å². The van der Waals surface area contributed by atoms with Crippen molar-refractivity contribution in [2.45, 2.75) is 18.2 Å².